The maximum Gasteiger partial charge on any atom is 0.271 e. The van der Waals surface area contributed by atoms with Gasteiger partial charge in [0.05, 0.1) is 16.3 Å². The van der Waals surface area contributed by atoms with E-state index >= 15 is 0 Å². The lowest BCUT2D eigenvalue weighted by atomic mass is 10.2. The quantitative estimate of drug-likeness (QED) is 0.598. The van der Waals surface area contributed by atoms with Gasteiger partial charge in [0.1, 0.15) is 11.2 Å². The van der Waals surface area contributed by atoms with Crippen molar-refractivity contribution in [2.24, 2.45) is 5.14 Å². The first-order valence-corrected chi connectivity index (χ1v) is 9.07. The van der Waals surface area contributed by atoms with Crippen molar-refractivity contribution in [3.8, 4) is 0 Å². The van der Waals surface area contributed by atoms with Gasteiger partial charge in [-0.2, -0.15) is 0 Å². The molecule has 0 aliphatic carbocycles. The normalized spacial score (nSPS) is 16.1. The molecule has 0 radical (unpaired) electrons. The first kappa shape index (κ1) is 17.3. The number of piperazine rings is 1. The van der Waals surface area contributed by atoms with Gasteiger partial charge in [0.15, 0.2) is 0 Å². The van der Waals surface area contributed by atoms with Crippen LogP contribution in [-0.4, -0.2) is 49.6 Å². The molecule has 0 atom stereocenters. The fourth-order valence-electron chi connectivity index (χ4n) is 2.80. The number of anilines is 1. The minimum atomic E-state index is -3.98. The van der Waals surface area contributed by atoms with Crippen LogP contribution in [0.1, 0.15) is 5.69 Å². The second-order valence-electron chi connectivity index (χ2n) is 5.71. The zero-order valence-electron chi connectivity index (χ0n) is 13.2. The number of nitro benzene ring substituents is 1. The number of nitrogens with zero attached hydrogens (tertiary/aromatic N) is 4. The van der Waals surface area contributed by atoms with Crippen LogP contribution in [0.15, 0.2) is 39.9 Å². The SMILES string of the molecule is NS(=O)(=O)c1ccc([N+](=O)[O-])cc1N1CCN(Cc2ccon2)CC1. The smallest absolute Gasteiger partial charge is 0.271 e. The van der Waals surface area contributed by atoms with Crippen molar-refractivity contribution in [2.75, 3.05) is 31.1 Å². The monoisotopic (exact) mass is 367 g/mol. The van der Waals surface area contributed by atoms with Gasteiger partial charge in [-0.05, 0) is 6.07 Å². The van der Waals surface area contributed by atoms with E-state index < -0.39 is 14.9 Å². The van der Waals surface area contributed by atoms with E-state index in [1.807, 2.05) is 0 Å². The maximum atomic E-state index is 11.8. The number of rotatable bonds is 5. The Morgan fingerprint density at radius 1 is 1.24 bits per heavy atom. The van der Waals surface area contributed by atoms with Gasteiger partial charge in [0.25, 0.3) is 5.69 Å². The predicted molar refractivity (Wildman–Crippen MR) is 88.5 cm³/mol. The molecule has 1 aromatic carbocycles. The molecular formula is C14H17N5O5S. The van der Waals surface area contributed by atoms with Gasteiger partial charge >= 0.3 is 0 Å². The molecule has 2 N–H and O–H groups in total. The van der Waals surface area contributed by atoms with Gasteiger partial charge in [-0.25, -0.2) is 13.6 Å². The second kappa shape index (κ2) is 6.78. The number of non-ortho nitro benzene ring substituents is 1. The number of nitro groups is 1. The minimum Gasteiger partial charge on any atom is -0.368 e. The Kier molecular flexibility index (Phi) is 4.70. The molecule has 25 heavy (non-hydrogen) atoms. The summed E-state index contributed by atoms with van der Waals surface area (Å²) in [5.74, 6) is 0. The summed E-state index contributed by atoms with van der Waals surface area (Å²) in [4.78, 5) is 14.3. The van der Waals surface area contributed by atoms with Crippen LogP contribution in [0, 0.1) is 10.1 Å². The number of sulfonamides is 1. The minimum absolute atomic E-state index is 0.108. The van der Waals surface area contributed by atoms with Crippen molar-refractivity contribution in [3.63, 3.8) is 0 Å². The van der Waals surface area contributed by atoms with Gasteiger partial charge in [-0.15, -0.1) is 0 Å². The molecule has 1 saturated heterocycles. The molecule has 1 aromatic heterocycles. The second-order valence-corrected chi connectivity index (χ2v) is 7.24. The Labute approximate surface area is 144 Å². The number of benzene rings is 1. The number of primary sulfonamides is 1. The fourth-order valence-corrected chi connectivity index (χ4v) is 3.54. The fraction of sp³-hybridized carbons (Fsp3) is 0.357. The maximum absolute atomic E-state index is 11.8. The van der Waals surface area contributed by atoms with Gasteiger partial charge in [-0.3, -0.25) is 15.0 Å². The molecule has 0 spiro atoms. The topological polar surface area (TPSA) is 136 Å². The average Bonchev–Trinajstić information content (AvgIpc) is 3.07. The van der Waals surface area contributed by atoms with E-state index in [1.165, 1.54) is 18.4 Å². The van der Waals surface area contributed by atoms with Gasteiger partial charge in [-0.1, -0.05) is 5.16 Å². The zero-order chi connectivity index (χ0) is 18.0. The van der Waals surface area contributed by atoms with Crippen LogP contribution in [0.2, 0.25) is 0 Å². The van der Waals surface area contributed by atoms with Crippen LogP contribution in [0.4, 0.5) is 11.4 Å². The first-order chi connectivity index (χ1) is 11.8. The largest absolute Gasteiger partial charge is 0.368 e. The molecule has 0 bridgehead atoms. The van der Waals surface area contributed by atoms with Crippen molar-refractivity contribution in [1.29, 1.82) is 0 Å². The molecule has 0 amide bonds. The van der Waals surface area contributed by atoms with Crippen LogP contribution in [-0.2, 0) is 16.6 Å². The van der Waals surface area contributed by atoms with Gasteiger partial charge < -0.3 is 9.42 Å². The molecule has 1 aliphatic heterocycles. The molecule has 134 valence electrons. The highest BCUT2D eigenvalue weighted by molar-refractivity contribution is 7.89. The molecule has 2 aromatic rings. The first-order valence-electron chi connectivity index (χ1n) is 7.52. The Bertz CT molecular complexity index is 860. The van der Waals surface area contributed by atoms with Crippen LogP contribution in [0.25, 0.3) is 0 Å². The molecule has 1 fully saturated rings. The number of hydrogen-bond donors (Lipinski definition) is 1. The summed E-state index contributed by atoms with van der Waals surface area (Å²) in [6, 6.07) is 5.37. The summed E-state index contributed by atoms with van der Waals surface area (Å²) in [5, 5.41) is 20.1. The molecule has 3 rings (SSSR count). The molecular weight excluding hydrogens is 350 g/mol. The summed E-state index contributed by atoms with van der Waals surface area (Å²) >= 11 is 0. The summed E-state index contributed by atoms with van der Waals surface area (Å²) < 4.78 is 28.4. The Morgan fingerprint density at radius 2 is 1.96 bits per heavy atom. The Hall–Kier alpha value is -2.50. The Balaban J connectivity index is 1.79. The van der Waals surface area contributed by atoms with E-state index in [-0.39, 0.29) is 16.3 Å². The Morgan fingerprint density at radius 3 is 2.52 bits per heavy atom. The van der Waals surface area contributed by atoms with Crippen molar-refractivity contribution >= 4 is 21.4 Å². The number of aromatic nitrogens is 1. The van der Waals surface area contributed by atoms with E-state index in [0.717, 1.165) is 11.8 Å². The molecule has 0 unspecified atom stereocenters. The van der Waals surface area contributed by atoms with E-state index in [0.29, 0.717) is 32.7 Å². The highest BCUT2D eigenvalue weighted by Crippen LogP contribution is 2.30. The van der Waals surface area contributed by atoms with Crippen LogP contribution >= 0.6 is 0 Å². The van der Waals surface area contributed by atoms with Gasteiger partial charge in [0.2, 0.25) is 10.0 Å². The summed E-state index contributed by atoms with van der Waals surface area (Å²) in [6.45, 7) is 2.96. The van der Waals surface area contributed by atoms with E-state index in [4.69, 9.17) is 9.66 Å². The lowest BCUT2D eigenvalue weighted by molar-refractivity contribution is -0.384. The molecule has 2 heterocycles. The van der Waals surface area contributed by atoms with Crippen LogP contribution in [0.3, 0.4) is 0 Å². The highest BCUT2D eigenvalue weighted by Gasteiger charge is 2.25. The predicted octanol–water partition coefficient (Wildman–Crippen LogP) is 0.552. The highest BCUT2D eigenvalue weighted by atomic mass is 32.2. The van der Waals surface area contributed by atoms with Crippen molar-refractivity contribution in [2.45, 2.75) is 11.4 Å². The molecule has 10 nitrogen and oxygen atoms in total. The lowest BCUT2D eigenvalue weighted by Gasteiger charge is -2.36. The number of nitrogens with two attached hydrogens (primary N) is 1. The molecule has 1 aliphatic rings. The van der Waals surface area contributed by atoms with Crippen LogP contribution in [0.5, 0.6) is 0 Å². The van der Waals surface area contributed by atoms with E-state index in [9.17, 15) is 18.5 Å². The van der Waals surface area contributed by atoms with Crippen molar-refractivity contribution in [3.05, 3.63) is 46.3 Å². The van der Waals surface area contributed by atoms with Gasteiger partial charge in [0, 0.05) is 50.9 Å². The van der Waals surface area contributed by atoms with Crippen molar-refractivity contribution < 1.29 is 17.9 Å². The van der Waals surface area contributed by atoms with E-state index in [2.05, 4.69) is 10.1 Å². The third-order valence-corrected chi connectivity index (χ3v) is 5.01. The molecule has 0 saturated carbocycles. The lowest BCUT2D eigenvalue weighted by Crippen LogP contribution is -2.46. The third kappa shape index (κ3) is 3.95. The third-order valence-electron chi connectivity index (χ3n) is 4.05. The standard InChI is InChI=1S/C14H17N5O5S/c15-25(22,23)14-2-1-12(19(20)21)9-13(14)18-6-4-17(5-7-18)10-11-3-8-24-16-11/h1-3,8-9H,4-7,10H2,(H2,15,22,23). The number of hydrogen-bond acceptors (Lipinski definition) is 8. The summed E-state index contributed by atoms with van der Waals surface area (Å²) in [7, 11) is -3.98. The van der Waals surface area contributed by atoms with Crippen LogP contribution < -0.4 is 10.0 Å². The summed E-state index contributed by atoms with van der Waals surface area (Å²) in [6.07, 6.45) is 1.51. The average molecular weight is 367 g/mol. The zero-order valence-corrected chi connectivity index (χ0v) is 14.1. The van der Waals surface area contributed by atoms with E-state index in [1.54, 1.807) is 11.0 Å². The summed E-state index contributed by atoms with van der Waals surface area (Å²) in [5.41, 5.74) is 0.902. The van der Waals surface area contributed by atoms with Crippen molar-refractivity contribution in [1.82, 2.24) is 10.1 Å². The molecule has 11 heteroatoms.